The van der Waals surface area contributed by atoms with Crippen LogP contribution in [0.4, 0.5) is 5.82 Å². The molecule has 1 fully saturated rings. The molecule has 1 aliphatic rings. The quantitative estimate of drug-likeness (QED) is 0.902. The number of anilines is 1. The van der Waals surface area contributed by atoms with Crippen LogP contribution in [0.15, 0.2) is 35.2 Å². The summed E-state index contributed by atoms with van der Waals surface area (Å²) in [4.78, 5) is 18.3. The minimum Gasteiger partial charge on any atom is -0.375 e. The van der Waals surface area contributed by atoms with E-state index in [9.17, 15) is 4.79 Å². The van der Waals surface area contributed by atoms with Crippen molar-refractivity contribution in [3.05, 3.63) is 41.9 Å². The lowest BCUT2D eigenvalue weighted by Crippen LogP contribution is -2.45. The number of nitrogens with one attached hydrogen (secondary N) is 1. The highest BCUT2D eigenvalue weighted by Crippen LogP contribution is 2.15. The van der Waals surface area contributed by atoms with Gasteiger partial charge < -0.3 is 19.5 Å². The highest BCUT2D eigenvalue weighted by atomic mass is 16.5. The molecule has 0 spiro atoms. The average molecular weight is 316 g/mol. The van der Waals surface area contributed by atoms with Gasteiger partial charge in [-0.3, -0.25) is 4.79 Å². The molecule has 2 aromatic heterocycles. The minimum atomic E-state index is -0.103. The first-order valence-corrected chi connectivity index (χ1v) is 7.70. The third-order valence-corrected chi connectivity index (χ3v) is 3.92. The van der Waals surface area contributed by atoms with Gasteiger partial charge in [0.2, 0.25) is 0 Å². The lowest BCUT2D eigenvalue weighted by Gasteiger charge is -2.32. The average Bonchev–Trinajstić information content (AvgIpc) is 3.14. The van der Waals surface area contributed by atoms with E-state index >= 15 is 0 Å². The Bertz CT molecular complexity index is 645. The molecule has 0 unspecified atom stereocenters. The third kappa shape index (κ3) is 3.87. The Balaban J connectivity index is 1.55. The Morgan fingerprint density at radius 3 is 3.17 bits per heavy atom. The van der Waals surface area contributed by atoms with E-state index in [2.05, 4.69) is 15.5 Å². The first-order chi connectivity index (χ1) is 11.3. The SMILES string of the molecule is CNc1cc(CC[C@H]2CN(C(=O)c3ccon3)CCO2)ccn1. The van der Waals surface area contributed by atoms with Crippen molar-refractivity contribution < 1.29 is 14.1 Å². The number of morpholine rings is 1. The maximum atomic E-state index is 12.3. The first kappa shape index (κ1) is 15.5. The van der Waals surface area contributed by atoms with Crippen LogP contribution in [0.25, 0.3) is 0 Å². The van der Waals surface area contributed by atoms with Gasteiger partial charge in [-0.05, 0) is 30.5 Å². The largest absolute Gasteiger partial charge is 0.375 e. The van der Waals surface area contributed by atoms with Crippen LogP contribution in [0.5, 0.6) is 0 Å². The molecule has 1 saturated heterocycles. The van der Waals surface area contributed by atoms with E-state index in [1.807, 2.05) is 19.2 Å². The molecule has 0 radical (unpaired) electrons. The summed E-state index contributed by atoms with van der Waals surface area (Å²) in [6.07, 6.45) is 4.98. The van der Waals surface area contributed by atoms with Crippen LogP contribution in [0, 0.1) is 0 Å². The van der Waals surface area contributed by atoms with Crippen LogP contribution in [-0.4, -0.2) is 53.8 Å². The fraction of sp³-hybridized carbons (Fsp3) is 0.438. The van der Waals surface area contributed by atoms with Crippen LogP contribution in [0.3, 0.4) is 0 Å². The Morgan fingerprint density at radius 1 is 1.48 bits per heavy atom. The van der Waals surface area contributed by atoms with Crippen molar-refractivity contribution in [2.24, 2.45) is 0 Å². The highest BCUT2D eigenvalue weighted by Gasteiger charge is 2.26. The van der Waals surface area contributed by atoms with Gasteiger partial charge >= 0.3 is 0 Å². The van der Waals surface area contributed by atoms with Crippen LogP contribution in [0.2, 0.25) is 0 Å². The standard InChI is InChI=1S/C16H20N4O3/c1-17-15-10-12(4-6-18-15)2-3-13-11-20(7-9-22-13)16(21)14-5-8-23-19-14/h4-6,8,10,13H,2-3,7,9,11H2,1H3,(H,17,18)/t13-/m0/s1. The summed E-state index contributed by atoms with van der Waals surface area (Å²) in [5.41, 5.74) is 1.55. The summed E-state index contributed by atoms with van der Waals surface area (Å²) < 4.78 is 10.5. The van der Waals surface area contributed by atoms with Crippen molar-refractivity contribution in [2.45, 2.75) is 18.9 Å². The second-order valence-electron chi connectivity index (χ2n) is 5.47. The number of hydrogen-bond acceptors (Lipinski definition) is 6. The monoisotopic (exact) mass is 316 g/mol. The molecule has 23 heavy (non-hydrogen) atoms. The minimum absolute atomic E-state index is 0.0332. The summed E-state index contributed by atoms with van der Waals surface area (Å²) in [5.74, 6) is 0.753. The molecule has 0 aromatic carbocycles. The van der Waals surface area contributed by atoms with Gasteiger partial charge in [-0.2, -0.15) is 0 Å². The predicted octanol–water partition coefficient (Wildman–Crippen LogP) is 1.59. The van der Waals surface area contributed by atoms with E-state index < -0.39 is 0 Å². The van der Waals surface area contributed by atoms with Gasteiger partial charge in [-0.1, -0.05) is 5.16 Å². The van der Waals surface area contributed by atoms with Gasteiger partial charge in [0.15, 0.2) is 5.69 Å². The van der Waals surface area contributed by atoms with Crippen LogP contribution >= 0.6 is 0 Å². The molecule has 0 bridgehead atoms. The summed E-state index contributed by atoms with van der Waals surface area (Å²) in [6, 6.07) is 5.62. The van der Waals surface area contributed by atoms with Gasteiger partial charge in [0, 0.05) is 32.4 Å². The molecule has 7 nitrogen and oxygen atoms in total. The number of rotatable bonds is 5. The molecular weight excluding hydrogens is 296 g/mol. The highest BCUT2D eigenvalue weighted by molar-refractivity contribution is 5.92. The first-order valence-electron chi connectivity index (χ1n) is 7.70. The normalized spacial score (nSPS) is 18.0. The smallest absolute Gasteiger partial charge is 0.276 e. The zero-order valence-corrected chi connectivity index (χ0v) is 13.1. The van der Waals surface area contributed by atoms with Gasteiger partial charge in [-0.25, -0.2) is 4.98 Å². The molecular formula is C16H20N4O3. The lowest BCUT2D eigenvalue weighted by atomic mass is 10.1. The van der Waals surface area contributed by atoms with Gasteiger partial charge in [0.1, 0.15) is 12.1 Å². The van der Waals surface area contributed by atoms with Crippen molar-refractivity contribution in [1.82, 2.24) is 15.0 Å². The number of nitrogens with zero attached hydrogens (tertiary/aromatic N) is 3. The second kappa shape index (κ2) is 7.23. The molecule has 2 aromatic rings. The lowest BCUT2D eigenvalue weighted by molar-refractivity contribution is -0.0248. The molecule has 0 saturated carbocycles. The summed E-state index contributed by atoms with van der Waals surface area (Å²) in [5, 5.41) is 6.74. The Morgan fingerprint density at radius 2 is 2.39 bits per heavy atom. The Hall–Kier alpha value is -2.41. The zero-order valence-electron chi connectivity index (χ0n) is 13.1. The number of hydrogen-bond donors (Lipinski definition) is 1. The van der Waals surface area contributed by atoms with Gasteiger partial charge in [-0.15, -0.1) is 0 Å². The second-order valence-corrected chi connectivity index (χ2v) is 5.47. The molecule has 1 atom stereocenters. The van der Waals surface area contributed by atoms with Crippen molar-refractivity contribution >= 4 is 11.7 Å². The molecule has 1 N–H and O–H groups in total. The maximum Gasteiger partial charge on any atom is 0.276 e. The van der Waals surface area contributed by atoms with Crippen molar-refractivity contribution in [3.8, 4) is 0 Å². The fourth-order valence-electron chi connectivity index (χ4n) is 2.66. The van der Waals surface area contributed by atoms with Crippen LogP contribution in [0.1, 0.15) is 22.5 Å². The Labute approximate surface area is 134 Å². The summed E-state index contributed by atoms with van der Waals surface area (Å²) in [7, 11) is 1.85. The van der Waals surface area contributed by atoms with E-state index in [1.54, 1.807) is 17.2 Å². The Kier molecular flexibility index (Phi) is 4.87. The zero-order chi connectivity index (χ0) is 16.1. The maximum absolute atomic E-state index is 12.3. The third-order valence-electron chi connectivity index (χ3n) is 3.92. The van der Waals surface area contributed by atoms with Crippen molar-refractivity contribution in [3.63, 3.8) is 0 Å². The summed E-state index contributed by atoms with van der Waals surface area (Å²) in [6.45, 7) is 1.71. The van der Waals surface area contributed by atoms with E-state index in [-0.39, 0.29) is 12.0 Å². The molecule has 0 aliphatic carbocycles. The predicted molar refractivity (Wildman–Crippen MR) is 84.3 cm³/mol. The van der Waals surface area contributed by atoms with Gasteiger partial charge in [0.25, 0.3) is 5.91 Å². The number of ether oxygens (including phenoxy) is 1. The molecule has 122 valence electrons. The molecule has 3 heterocycles. The summed E-state index contributed by atoms with van der Waals surface area (Å²) >= 11 is 0. The number of aryl methyl sites for hydroxylation is 1. The van der Waals surface area contributed by atoms with E-state index in [0.29, 0.717) is 25.4 Å². The topological polar surface area (TPSA) is 80.5 Å². The van der Waals surface area contributed by atoms with E-state index in [0.717, 1.165) is 18.7 Å². The van der Waals surface area contributed by atoms with Crippen LogP contribution < -0.4 is 5.32 Å². The molecule has 7 heteroatoms. The molecule has 1 aliphatic heterocycles. The fourth-order valence-corrected chi connectivity index (χ4v) is 2.66. The van der Waals surface area contributed by atoms with Crippen LogP contribution in [-0.2, 0) is 11.2 Å². The number of carbonyl (C=O) groups excluding carboxylic acids is 1. The van der Waals surface area contributed by atoms with E-state index in [4.69, 9.17) is 9.26 Å². The molecule has 1 amide bonds. The van der Waals surface area contributed by atoms with E-state index in [1.165, 1.54) is 11.8 Å². The number of carbonyl (C=O) groups is 1. The number of aromatic nitrogens is 2. The van der Waals surface area contributed by atoms with Crippen molar-refractivity contribution in [1.29, 1.82) is 0 Å². The van der Waals surface area contributed by atoms with Gasteiger partial charge in [0.05, 0.1) is 12.7 Å². The number of amides is 1. The van der Waals surface area contributed by atoms with Crippen molar-refractivity contribution in [2.75, 3.05) is 32.1 Å². The number of pyridine rings is 1. The molecule has 3 rings (SSSR count).